The number of nitro benzene ring substituents is 1. The molecule has 1 aromatic carbocycles. The van der Waals surface area contributed by atoms with Gasteiger partial charge in [-0.05, 0) is 31.2 Å². The number of sulfone groups is 1. The Hall–Kier alpha value is -2.72. The summed E-state index contributed by atoms with van der Waals surface area (Å²) in [6, 6.07) is 9.11. The molecule has 0 aliphatic rings. The highest BCUT2D eigenvalue weighted by Gasteiger charge is 2.22. The summed E-state index contributed by atoms with van der Waals surface area (Å²) < 4.78 is 32.7. The number of hydrogen-bond donors (Lipinski definition) is 0. The van der Waals surface area contributed by atoms with Crippen LogP contribution in [0.4, 0.5) is 5.69 Å². The van der Waals surface area contributed by atoms with Crippen molar-refractivity contribution in [2.24, 2.45) is 7.05 Å². The van der Waals surface area contributed by atoms with E-state index in [0.717, 1.165) is 27.6 Å². The first-order valence-electron chi connectivity index (χ1n) is 7.86. The average Bonchev–Trinajstić information content (AvgIpc) is 3.21. The van der Waals surface area contributed by atoms with Crippen LogP contribution < -0.4 is 4.74 Å². The van der Waals surface area contributed by atoms with Gasteiger partial charge in [0.05, 0.1) is 40.1 Å². The Morgan fingerprint density at radius 3 is 2.59 bits per heavy atom. The fourth-order valence-electron chi connectivity index (χ4n) is 2.71. The minimum absolute atomic E-state index is 0.155. The number of aryl methyl sites for hydroxylation is 2. The second kappa shape index (κ2) is 7.12. The zero-order valence-electron chi connectivity index (χ0n) is 14.9. The van der Waals surface area contributed by atoms with Crippen LogP contribution in [0.2, 0.25) is 0 Å². The normalized spacial score (nSPS) is 11.5. The average molecular weight is 407 g/mol. The molecule has 0 N–H and O–H groups in total. The molecule has 0 radical (unpaired) electrons. The number of benzene rings is 1. The summed E-state index contributed by atoms with van der Waals surface area (Å²) in [6.45, 7) is 1.87. The molecule has 0 atom stereocenters. The zero-order chi connectivity index (χ0) is 19.8. The van der Waals surface area contributed by atoms with Crippen molar-refractivity contribution in [1.82, 2.24) is 9.78 Å². The van der Waals surface area contributed by atoms with E-state index in [9.17, 15) is 18.5 Å². The maximum absolute atomic E-state index is 12.8. The lowest BCUT2D eigenvalue weighted by Crippen LogP contribution is -2.05. The van der Waals surface area contributed by atoms with Gasteiger partial charge in [0.25, 0.3) is 5.69 Å². The quantitative estimate of drug-likeness (QED) is 0.458. The van der Waals surface area contributed by atoms with Crippen LogP contribution in [0.25, 0.3) is 10.6 Å². The van der Waals surface area contributed by atoms with Crippen LogP contribution in [0.5, 0.6) is 5.75 Å². The van der Waals surface area contributed by atoms with Crippen molar-refractivity contribution < 1.29 is 18.1 Å². The number of methoxy groups -OCH3 is 1. The van der Waals surface area contributed by atoms with Crippen LogP contribution in [-0.2, 0) is 22.6 Å². The first kappa shape index (κ1) is 19.1. The van der Waals surface area contributed by atoms with Crippen molar-refractivity contribution >= 4 is 26.9 Å². The molecular weight excluding hydrogens is 390 g/mol. The Bertz CT molecular complexity index is 1120. The van der Waals surface area contributed by atoms with Gasteiger partial charge in [-0.2, -0.15) is 5.10 Å². The van der Waals surface area contributed by atoms with Gasteiger partial charge in [0, 0.05) is 18.7 Å². The Balaban J connectivity index is 1.92. The molecule has 0 saturated carbocycles. The third-order valence-electron chi connectivity index (χ3n) is 3.97. The molecule has 0 saturated heterocycles. The van der Waals surface area contributed by atoms with Crippen molar-refractivity contribution in [3.8, 4) is 16.3 Å². The highest BCUT2D eigenvalue weighted by molar-refractivity contribution is 7.92. The molecule has 2 aromatic heterocycles. The van der Waals surface area contributed by atoms with E-state index in [1.807, 2.05) is 13.0 Å². The fraction of sp³-hybridized carbons (Fsp3) is 0.235. The van der Waals surface area contributed by atoms with E-state index in [2.05, 4.69) is 5.10 Å². The summed E-state index contributed by atoms with van der Waals surface area (Å²) in [6.07, 6.45) is 0. The topological polar surface area (TPSA) is 104 Å². The summed E-state index contributed by atoms with van der Waals surface area (Å²) in [7, 11) is -0.479. The van der Waals surface area contributed by atoms with E-state index in [4.69, 9.17) is 4.74 Å². The molecule has 8 nitrogen and oxygen atoms in total. The monoisotopic (exact) mass is 407 g/mol. The highest BCUT2D eigenvalue weighted by Crippen LogP contribution is 2.34. The van der Waals surface area contributed by atoms with E-state index in [1.54, 1.807) is 23.9 Å². The van der Waals surface area contributed by atoms with Gasteiger partial charge < -0.3 is 4.74 Å². The lowest BCUT2D eigenvalue weighted by Gasteiger charge is -2.08. The molecule has 3 rings (SSSR count). The minimum Gasteiger partial charge on any atom is -0.496 e. The van der Waals surface area contributed by atoms with Crippen LogP contribution in [0.1, 0.15) is 11.3 Å². The molecule has 0 fully saturated rings. The number of aromatic nitrogens is 2. The van der Waals surface area contributed by atoms with Crippen molar-refractivity contribution in [1.29, 1.82) is 0 Å². The van der Waals surface area contributed by atoms with E-state index in [1.165, 1.54) is 25.3 Å². The van der Waals surface area contributed by atoms with Gasteiger partial charge in [-0.1, -0.05) is 0 Å². The molecule has 0 amide bonds. The second-order valence-electron chi connectivity index (χ2n) is 5.93. The lowest BCUT2D eigenvalue weighted by molar-refractivity contribution is -0.384. The first-order chi connectivity index (χ1) is 12.7. The molecule has 10 heteroatoms. The summed E-state index contributed by atoms with van der Waals surface area (Å²) >= 11 is 1.16. The summed E-state index contributed by atoms with van der Waals surface area (Å²) in [5.74, 6) is -0.134. The Labute approximate surface area is 160 Å². The van der Waals surface area contributed by atoms with Crippen LogP contribution in [0.3, 0.4) is 0 Å². The smallest absolute Gasteiger partial charge is 0.273 e. The summed E-state index contributed by atoms with van der Waals surface area (Å²) in [5.41, 5.74) is 1.90. The van der Waals surface area contributed by atoms with Crippen LogP contribution in [0.15, 0.2) is 40.6 Å². The SMILES string of the molecule is COc1cc([N+](=O)[O-])ccc1CS(=O)(=O)c1ccc(-c2cc(C)nn2C)s1. The van der Waals surface area contributed by atoms with Gasteiger partial charge in [0.1, 0.15) is 9.96 Å². The Kier molecular flexibility index (Phi) is 5.03. The van der Waals surface area contributed by atoms with Crippen LogP contribution in [-0.4, -0.2) is 30.2 Å². The third-order valence-corrected chi connectivity index (χ3v) is 7.32. The predicted octanol–water partition coefficient (Wildman–Crippen LogP) is 3.35. The number of non-ortho nitro benzene ring substituents is 1. The number of nitrogens with zero attached hydrogens (tertiary/aromatic N) is 3. The van der Waals surface area contributed by atoms with Crippen molar-refractivity contribution in [2.75, 3.05) is 7.11 Å². The molecular formula is C17H17N3O5S2. The number of thiophene rings is 1. The van der Waals surface area contributed by atoms with E-state index in [0.29, 0.717) is 5.56 Å². The molecule has 142 valence electrons. The molecule has 0 aliphatic heterocycles. The van der Waals surface area contributed by atoms with Gasteiger partial charge in [-0.15, -0.1) is 11.3 Å². The van der Waals surface area contributed by atoms with Crippen LogP contribution >= 0.6 is 11.3 Å². The molecule has 0 aliphatic carbocycles. The Morgan fingerprint density at radius 2 is 2.00 bits per heavy atom. The lowest BCUT2D eigenvalue weighted by atomic mass is 10.2. The maximum atomic E-state index is 12.8. The third kappa shape index (κ3) is 3.86. The second-order valence-corrected chi connectivity index (χ2v) is 9.23. The van der Waals surface area contributed by atoms with Crippen molar-refractivity contribution in [3.63, 3.8) is 0 Å². The molecule has 2 heterocycles. The predicted molar refractivity (Wildman–Crippen MR) is 102 cm³/mol. The number of ether oxygens (including phenoxy) is 1. The number of hydrogen-bond acceptors (Lipinski definition) is 7. The number of rotatable bonds is 6. The van der Waals surface area contributed by atoms with Gasteiger partial charge >= 0.3 is 0 Å². The summed E-state index contributed by atoms with van der Waals surface area (Å²) in [5, 5.41) is 15.2. The first-order valence-corrected chi connectivity index (χ1v) is 10.3. The standard InChI is InChI=1S/C17H17N3O5S2/c1-11-8-14(19(2)18-11)16-6-7-17(26-16)27(23,24)10-12-4-5-13(20(21)22)9-15(12)25-3/h4-9H,10H2,1-3H3. The van der Waals surface area contributed by atoms with Gasteiger partial charge in [0.2, 0.25) is 0 Å². The molecule has 0 spiro atoms. The van der Waals surface area contributed by atoms with E-state index < -0.39 is 14.8 Å². The zero-order valence-corrected chi connectivity index (χ0v) is 16.5. The molecule has 27 heavy (non-hydrogen) atoms. The number of nitro groups is 1. The maximum Gasteiger partial charge on any atom is 0.273 e. The fourth-order valence-corrected chi connectivity index (χ4v) is 5.51. The Morgan fingerprint density at radius 1 is 1.26 bits per heavy atom. The van der Waals surface area contributed by atoms with E-state index >= 15 is 0 Å². The van der Waals surface area contributed by atoms with Crippen molar-refractivity contribution in [2.45, 2.75) is 16.9 Å². The summed E-state index contributed by atoms with van der Waals surface area (Å²) in [4.78, 5) is 11.1. The van der Waals surface area contributed by atoms with Crippen LogP contribution in [0, 0.1) is 17.0 Å². The van der Waals surface area contributed by atoms with Gasteiger partial charge in [-0.25, -0.2) is 8.42 Å². The highest BCUT2D eigenvalue weighted by atomic mass is 32.2. The van der Waals surface area contributed by atoms with E-state index in [-0.39, 0.29) is 21.4 Å². The molecule has 0 bridgehead atoms. The largest absolute Gasteiger partial charge is 0.496 e. The van der Waals surface area contributed by atoms with Gasteiger partial charge in [-0.3, -0.25) is 14.8 Å². The van der Waals surface area contributed by atoms with Crippen molar-refractivity contribution in [3.05, 3.63) is 57.8 Å². The minimum atomic E-state index is -3.63. The van der Waals surface area contributed by atoms with Gasteiger partial charge in [0.15, 0.2) is 9.84 Å². The molecule has 0 unspecified atom stereocenters. The molecule has 3 aromatic rings.